The van der Waals surface area contributed by atoms with Gasteiger partial charge in [-0.05, 0) is 33.6 Å². The fourth-order valence-electron chi connectivity index (χ4n) is 5.25. The summed E-state index contributed by atoms with van der Waals surface area (Å²) in [7, 11) is 0. The van der Waals surface area contributed by atoms with E-state index in [2.05, 4.69) is 10.00 Å². The van der Waals surface area contributed by atoms with E-state index in [1.54, 1.807) is 20.5 Å². The van der Waals surface area contributed by atoms with Crippen molar-refractivity contribution in [2.75, 3.05) is 44.2 Å². The quantitative estimate of drug-likeness (QED) is 0.625. The van der Waals surface area contributed by atoms with Crippen LogP contribution in [0.25, 0.3) is 5.65 Å². The largest absolute Gasteiger partial charge is 0.444 e. The number of anilines is 1. The van der Waals surface area contributed by atoms with Gasteiger partial charge in [0.1, 0.15) is 11.4 Å². The zero-order chi connectivity index (χ0) is 25.7. The Bertz CT molecular complexity index is 1150. The number of amides is 2. The Morgan fingerprint density at radius 2 is 1.81 bits per heavy atom. The summed E-state index contributed by atoms with van der Waals surface area (Å²) in [5.74, 6) is -2.06. The molecule has 2 aromatic rings. The number of halogens is 2. The third kappa shape index (κ3) is 4.97. The number of ether oxygens (including phenoxy) is 1. The fourth-order valence-corrected chi connectivity index (χ4v) is 5.25. The highest BCUT2D eigenvalue weighted by molar-refractivity contribution is 5.82. The van der Waals surface area contributed by atoms with Gasteiger partial charge in [0, 0.05) is 70.2 Å². The van der Waals surface area contributed by atoms with Crippen LogP contribution in [0.2, 0.25) is 0 Å². The minimum absolute atomic E-state index is 0.0445. The van der Waals surface area contributed by atoms with Gasteiger partial charge in [0.2, 0.25) is 11.8 Å². The summed E-state index contributed by atoms with van der Waals surface area (Å²) in [6.07, 6.45) is 2.47. The molecule has 0 spiro atoms. The molecule has 2 aromatic heterocycles. The van der Waals surface area contributed by atoms with Crippen molar-refractivity contribution >= 4 is 23.5 Å². The smallest absolute Gasteiger partial charge is 0.410 e. The second-order valence-corrected chi connectivity index (χ2v) is 11.1. The van der Waals surface area contributed by atoms with Crippen LogP contribution in [0.3, 0.4) is 0 Å². The Kier molecular flexibility index (Phi) is 6.28. The normalized spacial score (nSPS) is 21.0. The lowest BCUT2D eigenvalue weighted by Gasteiger charge is -2.42. The Morgan fingerprint density at radius 1 is 1.06 bits per heavy atom. The zero-order valence-electron chi connectivity index (χ0n) is 21.2. The van der Waals surface area contributed by atoms with E-state index in [4.69, 9.17) is 9.72 Å². The maximum Gasteiger partial charge on any atom is 0.410 e. The van der Waals surface area contributed by atoms with E-state index >= 15 is 0 Å². The molecule has 36 heavy (non-hydrogen) atoms. The molecule has 0 aliphatic carbocycles. The molecule has 3 aliphatic rings. The molecule has 0 N–H and O–H groups in total. The second kappa shape index (κ2) is 9.15. The van der Waals surface area contributed by atoms with Crippen LogP contribution in [0.1, 0.15) is 51.3 Å². The van der Waals surface area contributed by atoms with E-state index < -0.39 is 11.5 Å². The molecule has 0 bridgehead atoms. The van der Waals surface area contributed by atoms with E-state index in [0.29, 0.717) is 52.0 Å². The molecular weight excluding hydrogens is 470 g/mol. The minimum Gasteiger partial charge on any atom is -0.444 e. The van der Waals surface area contributed by atoms with Crippen molar-refractivity contribution in [3.8, 4) is 0 Å². The van der Waals surface area contributed by atoms with Gasteiger partial charge in [0.25, 0.3) is 0 Å². The number of alkyl halides is 2. The first-order valence-corrected chi connectivity index (χ1v) is 12.8. The summed E-state index contributed by atoms with van der Waals surface area (Å²) in [6.45, 7) is 8.08. The summed E-state index contributed by atoms with van der Waals surface area (Å²) in [5, 5.41) is 4.48. The van der Waals surface area contributed by atoms with Gasteiger partial charge in [-0.3, -0.25) is 4.79 Å². The molecule has 9 nitrogen and oxygen atoms in total. The van der Waals surface area contributed by atoms with Gasteiger partial charge in [-0.1, -0.05) is 0 Å². The minimum atomic E-state index is -2.69. The first kappa shape index (κ1) is 24.7. The molecule has 0 aromatic carbocycles. The van der Waals surface area contributed by atoms with Gasteiger partial charge in [-0.2, -0.15) is 9.61 Å². The van der Waals surface area contributed by atoms with Gasteiger partial charge in [0.05, 0.1) is 17.8 Å². The van der Waals surface area contributed by atoms with E-state index in [-0.39, 0.29) is 37.3 Å². The highest BCUT2D eigenvalue weighted by atomic mass is 19.3. The van der Waals surface area contributed by atoms with E-state index in [0.717, 1.165) is 22.7 Å². The highest BCUT2D eigenvalue weighted by Crippen LogP contribution is 2.34. The molecule has 196 valence electrons. The number of likely N-dealkylation sites (tertiary alicyclic amines) is 1. The van der Waals surface area contributed by atoms with Crippen LogP contribution in [0.5, 0.6) is 0 Å². The summed E-state index contributed by atoms with van der Waals surface area (Å²) in [4.78, 5) is 36.0. The van der Waals surface area contributed by atoms with Gasteiger partial charge in [-0.15, -0.1) is 0 Å². The van der Waals surface area contributed by atoms with Gasteiger partial charge < -0.3 is 19.4 Å². The number of nitrogens with zero attached hydrogens (tertiary/aromatic N) is 6. The lowest BCUT2D eigenvalue weighted by Crippen LogP contribution is -2.55. The van der Waals surface area contributed by atoms with Crippen LogP contribution in [0.4, 0.5) is 19.4 Å². The van der Waals surface area contributed by atoms with Crippen molar-refractivity contribution in [2.24, 2.45) is 5.92 Å². The van der Waals surface area contributed by atoms with Crippen molar-refractivity contribution in [3.05, 3.63) is 23.5 Å². The number of carbonyl (C=O) groups is 2. The summed E-state index contributed by atoms with van der Waals surface area (Å²) in [5.41, 5.74) is 2.10. The predicted octanol–water partition coefficient (Wildman–Crippen LogP) is 3.15. The van der Waals surface area contributed by atoms with Gasteiger partial charge >= 0.3 is 6.09 Å². The molecular formula is C25H34F2N6O3. The number of carbonyl (C=O) groups excluding carboxylic acids is 2. The fraction of sp³-hybridized carbons (Fsp3) is 0.680. The molecule has 3 aliphatic heterocycles. The first-order chi connectivity index (χ1) is 17.0. The van der Waals surface area contributed by atoms with Crippen LogP contribution >= 0.6 is 0 Å². The third-order valence-corrected chi connectivity index (χ3v) is 7.15. The van der Waals surface area contributed by atoms with Gasteiger partial charge in [-0.25, -0.2) is 18.6 Å². The van der Waals surface area contributed by atoms with Crippen molar-refractivity contribution in [1.29, 1.82) is 0 Å². The number of hydrogen-bond donors (Lipinski definition) is 0. The van der Waals surface area contributed by atoms with E-state index in [9.17, 15) is 18.4 Å². The lowest BCUT2D eigenvalue weighted by molar-refractivity contribution is -0.136. The number of rotatable bonds is 2. The van der Waals surface area contributed by atoms with Crippen LogP contribution in [-0.4, -0.2) is 87.2 Å². The van der Waals surface area contributed by atoms with Crippen molar-refractivity contribution in [3.63, 3.8) is 0 Å². The molecule has 0 atom stereocenters. The topological polar surface area (TPSA) is 83.3 Å². The second-order valence-electron chi connectivity index (χ2n) is 11.1. The van der Waals surface area contributed by atoms with Crippen molar-refractivity contribution in [1.82, 2.24) is 24.4 Å². The zero-order valence-corrected chi connectivity index (χ0v) is 21.2. The van der Waals surface area contributed by atoms with Crippen LogP contribution < -0.4 is 4.90 Å². The standard InChI is InChI=1S/C25H34F2N6O3/c1-24(2,3)36-23(35)31-12-6-18-19(7-13-31)29-20-5-10-28-33(20)21(18)32-15-17(16-32)22(34)30-11-4-8-25(26,27)9-14-30/h5,10,17H,4,6-9,11-16H2,1-3H3. The summed E-state index contributed by atoms with van der Waals surface area (Å²) < 4.78 is 34.9. The highest BCUT2D eigenvalue weighted by Gasteiger charge is 2.40. The molecule has 0 unspecified atom stereocenters. The predicted molar refractivity (Wildman–Crippen MR) is 129 cm³/mol. The molecule has 2 fully saturated rings. The van der Waals surface area contributed by atoms with Crippen LogP contribution in [0, 0.1) is 5.92 Å². The first-order valence-electron chi connectivity index (χ1n) is 12.8. The number of aromatic nitrogens is 3. The van der Waals surface area contributed by atoms with E-state index in [1.165, 1.54) is 0 Å². The Morgan fingerprint density at radius 3 is 2.56 bits per heavy atom. The SMILES string of the molecule is CC(C)(C)OC(=O)N1CCc2nc3ccnn3c(N3CC(C(=O)N4CCCC(F)(F)CC4)C3)c2CC1. The average Bonchev–Trinajstić information content (AvgIpc) is 3.00. The van der Waals surface area contributed by atoms with Crippen molar-refractivity contribution < 1.29 is 23.1 Å². The van der Waals surface area contributed by atoms with Crippen molar-refractivity contribution in [2.45, 2.75) is 64.4 Å². The molecule has 2 saturated heterocycles. The monoisotopic (exact) mass is 504 g/mol. The Labute approximate surface area is 209 Å². The van der Waals surface area contributed by atoms with Crippen LogP contribution in [0.15, 0.2) is 12.3 Å². The van der Waals surface area contributed by atoms with Gasteiger partial charge in [0.15, 0.2) is 5.65 Å². The molecule has 5 heterocycles. The molecule has 2 amide bonds. The Hall–Kier alpha value is -2.98. The molecule has 11 heteroatoms. The number of hydrogen-bond acceptors (Lipinski definition) is 6. The maximum absolute atomic E-state index is 13.8. The number of fused-ring (bicyclic) bond motifs is 2. The molecule has 0 radical (unpaired) electrons. The summed E-state index contributed by atoms with van der Waals surface area (Å²) in [6, 6.07) is 1.85. The van der Waals surface area contributed by atoms with Crippen LogP contribution in [-0.2, 0) is 22.4 Å². The molecule has 5 rings (SSSR count). The maximum atomic E-state index is 13.8. The molecule has 0 saturated carbocycles. The average molecular weight is 505 g/mol. The lowest BCUT2D eigenvalue weighted by atomic mass is 9.96. The van der Waals surface area contributed by atoms with E-state index in [1.807, 2.05) is 26.8 Å². The Balaban J connectivity index is 1.32. The third-order valence-electron chi connectivity index (χ3n) is 7.15. The summed E-state index contributed by atoms with van der Waals surface area (Å²) >= 11 is 0.